The van der Waals surface area contributed by atoms with Gasteiger partial charge in [0.15, 0.2) is 0 Å². The Morgan fingerprint density at radius 3 is 2.67 bits per heavy atom. The molecule has 6 heteroatoms. The van der Waals surface area contributed by atoms with E-state index >= 15 is 0 Å². The number of hydrogen-bond acceptors (Lipinski definition) is 4. The number of amides is 1. The summed E-state index contributed by atoms with van der Waals surface area (Å²) in [4.78, 5) is 15.1. The van der Waals surface area contributed by atoms with Gasteiger partial charge in [-0.3, -0.25) is 9.48 Å². The molecule has 1 amide bonds. The summed E-state index contributed by atoms with van der Waals surface area (Å²) in [6.07, 6.45) is 0.219. The first kappa shape index (κ1) is 19.6. The fourth-order valence-corrected chi connectivity index (χ4v) is 3.45. The van der Waals surface area contributed by atoms with Gasteiger partial charge in [0, 0.05) is 26.6 Å². The average molecular weight is 371 g/mol. The molecule has 1 fully saturated rings. The zero-order valence-electron chi connectivity index (χ0n) is 16.6. The Labute approximate surface area is 160 Å². The number of aryl methyl sites for hydroxylation is 1. The van der Waals surface area contributed by atoms with Crippen LogP contribution in [-0.2, 0) is 18.3 Å². The molecule has 2 atom stereocenters. The van der Waals surface area contributed by atoms with Crippen molar-refractivity contribution in [2.45, 2.75) is 51.4 Å². The van der Waals surface area contributed by atoms with Gasteiger partial charge in [-0.05, 0) is 24.5 Å². The van der Waals surface area contributed by atoms with Crippen LogP contribution in [0, 0.1) is 0 Å². The Morgan fingerprint density at radius 1 is 1.41 bits per heavy atom. The van der Waals surface area contributed by atoms with E-state index in [1.807, 2.05) is 43.3 Å². The number of aliphatic hydroxyl groups is 1. The third-order valence-corrected chi connectivity index (χ3v) is 5.34. The summed E-state index contributed by atoms with van der Waals surface area (Å²) in [7, 11) is 1.79. The molecule has 3 rings (SSSR count). The SMILES string of the molecule is CC(C)c1cc(C(=O)N(Cc2ccccc2)C[C@@]2(O)CCO[C@H]2C)n(C)n1. The average Bonchev–Trinajstić information content (AvgIpc) is 3.18. The van der Waals surface area contributed by atoms with Crippen molar-refractivity contribution in [3.8, 4) is 0 Å². The molecule has 0 unspecified atom stereocenters. The summed E-state index contributed by atoms with van der Waals surface area (Å²) in [5, 5.41) is 15.5. The summed E-state index contributed by atoms with van der Waals surface area (Å²) in [5.41, 5.74) is 1.40. The number of benzene rings is 1. The molecule has 2 heterocycles. The van der Waals surface area contributed by atoms with Crippen LogP contribution in [0.1, 0.15) is 54.9 Å². The molecule has 1 saturated heterocycles. The first-order chi connectivity index (χ1) is 12.8. The van der Waals surface area contributed by atoms with Gasteiger partial charge in [-0.25, -0.2) is 0 Å². The second-order valence-electron chi connectivity index (χ2n) is 7.75. The molecular weight excluding hydrogens is 342 g/mol. The third-order valence-electron chi connectivity index (χ3n) is 5.34. The molecule has 27 heavy (non-hydrogen) atoms. The predicted molar refractivity (Wildman–Crippen MR) is 103 cm³/mol. The summed E-state index contributed by atoms with van der Waals surface area (Å²) < 4.78 is 7.19. The minimum Gasteiger partial charge on any atom is -0.385 e. The van der Waals surface area contributed by atoms with E-state index in [1.165, 1.54) is 0 Å². The van der Waals surface area contributed by atoms with E-state index in [0.29, 0.717) is 25.3 Å². The van der Waals surface area contributed by atoms with Gasteiger partial charge in [0.1, 0.15) is 11.3 Å². The summed E-state index contributed by atoms with van der Waals surface area (Å²) in [6.45, 7) is 7.13. The summed E-state index contributed by atoms with van der Waals surface area (Å²) in [5.74, 6) is 0.112. The maximum absolute atomic E-state index is 13.4. The maximum Gasteiger partial charge on any atom is 0.272 e. The second kappa shape index (κ2) is 7.82. The molecule has 6 nitrogen and oxygen atoms in total. The highest BCUT2D eigenvalue weighted by atomic mass is 16.5. The number of rotatable bonds is 6. The van der Waals surface area contributed by atoms with E-state index in [-0.39, 0.29) is 24.5 Å². The van der Waals surface area contributed by atoms with Crippen molar-refractivity contribution in [3.63, 3.8) is 0 Å². The highest BCUT2D eigenvalue weighted by Gasteiger charge is 2.42. The first-order valence-electron chi connectivity index (χ1n) is 9.51. The molecule has 0 aliphatic carbocycles. The number of hydrogen-bond donors (Lipinski definition) is 1. The molecule has 0 spiro atoms. The lowest BCUT2D eigenvalue weighted by atomic mass is 9.95. The van der Waals surface area contributed by atoms with Crippen molar-refractivity contribution in [1.82, 2.24) is 14.7 Å². The topological polar surface area (TPSA) is 67.6 Å². The number of aromatic nitrogens is 2. The van der Waals surface area contributed by atoms with Crippen molar-refractivity contribution in [3.05, 3.63) is 53.3 Å². The fourth-order valence-electron chi connectivity index (χ4n) is 3.45. The molecule has 0 radical (unpaired) electrons. The molecule has 1 N–H and O–H groups in total. The number of ether oxygens (including phenoxy) is 1. The number of carbonyl (C=O) groups excluding carboxylic acids is 1. The van der Waals surface area contributed by atoms with Gasteiger partial charge in [0.05, 0.1) is 18.3 Å². The molecule has 1 aliphatic heterocycles. The Hall–Kier alpha value is -2.18. The van der Waals surface area contributed by atoms with E-state index in [0.717, 1.165) is 11.3 Å². The van der Waals surface area contributed by atoms with Crippen LogP contribution in [-0.4, -0.2) is 50.6 Å². The summed E-state index contributed by atoms with van der Waals surface area (Å²) in [6, 6.07) is 11.7. The zero-order valence-corrected chi connectivity index (χ0v) is 16.6. The van der Waals surface area contributed by atoms with E-state index in [9.17, 15) is 9.90 Å². The van der Waals surface area contributed by atoms with E-state index in [4.69, 9.17) is 4.74 Å². The monoisotopic (exact) mass is 371 g/mol. The summed E-state index contributed by atoms with van der Waals surface area (Å²) >= 11 is 0. The van der Waals surface area contributed by atoms with Crippen molar-refractivity contribution in [2.75, 3.05) is 13.2 Å². The minimum atomic E-state index is -1.04. The highest BCUT2D eigenvalue weighted by Crippen LogP contribution is 2.28. The number of carbonyl (C=O) groups is 1. The van der Waals surface area contributed by atoms with Gasteiger partial charge in [-0.2, -0.15) is 5.10 Å². The molecule has 0 bridgehead atoms. The van der Waals surface area contributed by atoms with E-state index in [1.54, 1.807) is 16.6 Å². The molecule has 2 aromatic rings. The molecule has 0 saturated carbocycles. The second-order valence-corrected chi connectivity index (χ2v) is 7.75. The van der Waals surface area contributed by atoms with Gasteiger partial charge in [-0.15, -0.1) is 0 Å². The maximum atomic E-state index is 13.4. The van der Waals surface area contributed by atoms with Crippen molar-refractivity contribution < 1.29 is 14.6 Å². The predicted octanol–water partition coefficient (Wildman–Crippen LogP) is 2.73. The quantitative estimate of drug-likeness (QED) is 0.848. The van der Waals surface area contributed by atoms with Gasteiger partial charge in [0.2, 0.25) is 0 Å². The normalized spacial score (nSPS) is 22.4. The number of nitrogens with zero attached hydrogens (tertiary/aromatic N) is 3. The third kappa shape index (κ3) is 4.22. The van der Waals surface area contributed by atoms with E-state index < -0.39 is 5.60 Å². The van der Waals surface area contributed by atoms with Gasteiger partial charge >= 0.3 is 0 Å². The Bertz CT molecular complexity index is 787. The van der Waals surface area contributed by atoms with Crippen molar-refractivity contribution >= 4 is 5.91 Å². The van der Waals surface area contributed by atoms with Crippen molar-refractivity contribution in [2.24, 2.45) is 7.05 Å². The smallest absolute Gasteiger partial charge is 0.272 e. The van der Waals surface area contributed by atoms with Crippen molar-refractivity contribution in [1.29, 1.82) is 0 Å². The Balaban J connectivity index is 1.90. The van der Waals surface area contributed by atoms with Crippen LogP contribution in [0.15, 0.2) is 36.4 Å². The van der Waals surface area contributed by atoms with Gasteiger partial charge in [0.25, 0.3) is 5.91 Å². The Kier molecular flexibility index (Phi) is 5.67. The lowest BCUT2D eigenvalue weighted by molar-refractivity contribution is -0.0459. The van der Waals surface area contributed by atoms with Crippen LogP contribution < -0.4 is 0 Å². The molecule has 146 valence electrons. The minimum absolute atomic E-state index is 0.131. The largest absolute Gasteiger partial charge is 0.385 e. The zero-order chi connectivity index (χ0) is 19.6. The van der Waals surface area contributed by atoms with Crippen LogP contribution in [0.5, 0.6) is 0 Å². The van der Waals surface area contributed by atoms with Crippen LogP contribution >= 0.6 is 0 Å². The molecular formula is C21H29N3O3. The Morgan fingerprint density at radius 2 is 2.11 bits per heavy atom. The molecule has 1 aliphatic rings. The van der Waals surface area contributed by atoms with Gasteiger partial charge in [-0.1, -0.05) is 44.2 Å². The lowest BCUT2D eigenvalue weighted by Crippen LogP contribution is -2.49. The van der Waals surface area contributed by atoms with Crippen LogP contribution in [0.3, 0.4) is 0 Å². The van der Waals surface area contributed by atoms with Crippen LogP contribution in [0.25, 0.3) is 0 Å². The lowest BCUT2D eigenvalue weighted by Gasteiger charge is -2.33. The standard InChI is InChI=1S/C21H29N3O3/c1-15(2)18-12-19(23(4)22-18)20(25)24(13-17-8-6-5-7-9-17)14-21(26)10-11-27-16(21)3/h5-9,12,15-16,26H,10-11,13-14H2,1-4H3/t16-,21-/m0/s1. The van der Waals surface area contributed by atoms with Gasteiger partial charge < -0.3 is 14.7 Å². The fraction of sp³-hybridized carbons (Fsp3) is 0.524. The highest BCUT2D eigenvalue weighted by molar-refractivity contribution is 5.92. The van der Waals surface area contributed by atoms with Crippen LogP contribution in [0.2, 0.25) is 0 Å². The molecule has 1 aromatic heterocycles. The molecule has 1 aromatic carbocycles. The first-order valence-corrected chi connectivity index (χ1v) is 9.51. The van der Waals surface area contributed by atoms with Crippen LogP contribution in [0.4, 0.5) is 0 Å². The van der Waals surface area contributed by atoms with E-state index in [2.05, 4.69) is 18.9 Å².